The Hall–Kier alpha value is -6.14. The zero-order valence-corrected chi connectivity index (χ0v) is 23.4. The van der Waals surface area contributed by atoms with Crippen molar-refractivity contribution >= 4 is 60.0 Å². The molecule has 0 aliphatic carbocycles. The maximum Gasteiger partial charge on any atom is 0.238 e. The maximum absolute atomic E-state index is 5.13. The molecule has 204 valence electrons. The predicted molar refractivity (Wildman–Crippen MR) is 177 cm³/mol. The third-order valence-electron chi connectivity index (χ3n) is 8.77. The highest BCUT2D eigenvalue weighted by Crippen LogP contribution is 2.44. The van der Waals surface area contributed by atoms with E-state index in [1.807, 2.05) is 72.9 Å². The molecule has 44 heavy (non-hydrogen) atoms. The van der Waals surface area contributed by atoms with Crippen molar-refractivity contribution in [2.45, 2.75) is 0 Å². The van der Waals surface area contributed by atoms with Gasteiger partial charge in [-0.2, -0.15) is 9.97 Å². The van der Waals surface area contributed by atoms with Crippen LogP contribution in [0.15, 0.2) is 134 Å². The van der Waals surface area contributed by atoms with Gasteiger partial charge in [-0.15, -0.1) is 0 Å². The molecule has 0 aliphatic rings. The summed E-state index contributed by atoms with van der Waals surface area (Å²) in [5.41, 5.74) is 7.22. The molecule has 0 bridgehead atoms. The number of para-hydroxylation sites is 1. The van der Waals surface area contributed by atoms with Crippen LogP contribution in [0, 0.1) is 0 Å². The summed E-state index contributed by atoms with van der Waals surface area (Å²) in [5.74, 6) is 1.86. The van der Waals surface area contributed by atoms with Crippen LogP contribution in [-0.2, 0) is 0 Å². The number of aromatic nitrogens is 6. The fraction of sp³-hybridized carbons (Fsp3) is 0. The molecule has 0 atom stereocenters. The van der Waals surface area contributed by atoms with Gasteiger partial charge >= 0.3 is 0 Å². The molecule has 0 N–H and O–H groups in total. The van der Waals surface area contributed by atoms with Crippen LogP contribution in [0.25, 0.3) is 88.8 Å². The minimum atomic E-state index is 0.587. The van der Waals surface area contributed by atoms with Gasteiger partial charge in [0.2, 0.25) is 5.95 Å². The largest absolute Gasteiger partial charge is 0.293 e. The minimum Gasteiger partial charge on any atom is -0.293 e. The zero-order valence-electron chi connectivity index (χ0n) is 23.4. The second-order valence-corrected chi connectivity index (χ2v) is 11.1. The molecule has 0 aliphatic heterocycles. The topological polar surface area (TPSA) is 60.9 Å². The molecule has 5 heterocycles. The molecular formula is C38H22N6. The van der Waals surface area contributed by atoms with Crippen molar-refractivity contribution in [1.82, 2.24) is 28.9 Å². The Balaban J connectivity index is 1.43. The van der Waals surface area contributed by atoms with Gasteiger partial charge in [0.15, 0.2) is 11.6 Å². The normalized spacial score (nSPS) is 12.1. The summed E-state index contributed by atoms with van der Waals surface area (Å²) in [5, 5.41) is 7.02. The van der Waals surface area contributed by atoms with Crippen molar-refractivity contribution < 1.29 is 0 Å². The van der Waals surface area contributed by atoms with Gasteiger partial charge in [-0.25, -0.2) is 9.97 Å². The first-order valence-corrected chi connectivity index (χ1v) is 14.7. The Morgan fingerprint density at radius 2 is 1.07 bits per heavy atom. The highest BCUT2D eigenvalue weighted by Gasteiger charge is 2.24. The average molecular weight is 563 g/mol. The molecule has 10 rings (SSSR count). The first-order valence-electron chi connectivity index (χ1n) is 14.7. The van der Waals surface area contributed by atoms with Crippen molar-refractivity contribution in [1.29, 1.82) is 0 Å². The Kier molecular flexibility index (Phi) is 4.63. The minimum absolute atomic E-state index is 0.587. The van der Waals surface area contributed by atoms with Crippen LogP contribution in [0.1, 0.15) is 0 Å². The average Bonchev–Trinajstić information content (AvgIpc) is 3.57. The van der Waals surface area contributed by atoms with E-state index in [2.05, 4.69) is 69.6 Å². The van der Waals surface area contributed by atoms with Crippen molar-refractivity contribution in [3.8, 4) is 28.7 Å². The zero-order chi connectivity index (χ0) is 28.8. The lowest BCUT2D eigenvalue weighted by molar-refractivity contribution is 0.954. The van der Waals surface area contributed by atoms with E-state index in [0.717, 1.165) is 44.2 Å². The second kappa shape index (κ2) is 8.69. The molecule has 0 amide bonds. The van der Waals surface area contributed by atoms with E-state index in [1.54, 1.807) is 0 Å². The molecule has 0 saturated carbocycles. The predicted octanol–water partition coefficient (Wildman–Crippen LogP) is 8.85. The second-order valence-electron chi connectivity index (χ2n) is 11.1. The molecule has 5 aromatic carbocycles. The molecule has 6 heteroatoms. The van der Waals surface area contributed by atoms with E-state index in [-0.39, 0.29) is 0 Å². The maximum atomic E-state index is 5.13. The number of hydrogen-bond donors (Lipinski definition) is 0. The quantitative estimate of drug-likeness (QED) is 0.216. The molecule has 6 nitrogen and oxygen atoms in total. The van der Waals surface area contributed by atoms with Crippen LogP contribution in [0.5, 0.6) is 0 Å². The molecule has 10 aromatic rings. The molecule has 5 aromatic heterocycles. The Morgan fingerprint density at radius 1 is 0.432 bits per heavy atom. The number of fused-ring (bicyclic) bond motifs is 6. The third kappa shape index (κ3) is 3.08. The molecule has 0 radical (unpaired) electrons. The van der Waals surface area contributed by atoms with Gasteiger partial charge in [-0.05, 0) is 41.8 Å². The molecule has 0 spiro atoms. The van der Waals surface area contributed by atoms with Crippen LogP contribution >= 0.6 is 0 Å². The fourth-order valence-corrected chi connectivity index (χ4v) is 6.94. The molecule has 0 unspecified atom stereocenters. The van der Waals surface area contributed by atoms with Gasteiger partial charge in [0, 0.05) is 44.3 Å². The van der Waals surface area contributed by atoms with Gasteiger partial charge in [0.1, 0.15) is 5.65 Å². The fourth-order valence-electron chi connectivity index (χ4n) is 6.94. The van der Waals surface area contributed by atoms with Crippen molar-refractivity contribution in [2.75, 3.05) is 0 Å². The summed E-state index contributed by atoms with van der Waals surface area (Å²) in [6.45, 7) is 0. The van der Waals surface area contributed by atoms with E-state index in [4.69, 9.17) is 19.9 Å². The molecular weight excluding hydrogens is 540 g/mol. The number of rotatable bonds is 3. The summed E-state index contributed by atoms with van der Waals surface area (Å²) >= 11 is 0. The number of hydrogen-bond acceptors (Lipinski definition) is 4. The third-order valence-corrected chi connectivity index (χ3v) is 8.77. The van der Waals surface area contributed by atoms with E-state index < -0.39 is 0 Å². The number of nitrogens with zero attached hydrogens (tertiary/aromatic N) is 6. The van der Waals surface area contributed by atoms with Crippen molar-refractivity contribution in [3.05, 3.63) is 134 Å². The lowest BCUT2D eigenvalue weighted by Crippen LogP contribution is -2.06. The van der Waals surface area contributed by atoms with Crippen LogP contribution < -0.4 is 0 Å². The van der Waals surface area contributed by atoms with Crippen LogP contribution in [0.2, 0.25) is 0 Å². The van der Waals surface area contributed by atoms with Crippen LogP contribution in [0.4, 0.5) is 0 Å². The van der Waals surface area contributed by atoms with Gasteiger partial charge in [0.05, 0.1) is 22.1 Å². The van der Waals surface area contributed by atoms with Gasteiger partial charge < -0.3 is 0 Å². The smallest absolute Gasteiger partial charge is 0.238 e. The summed E-state index contributed by atoms with van der Waals surface area (Å²) in [6, 6.07) is 44.0. The van der Waals surface area contributed by atoms with E-state index in [1.165, 1.54) is 26.9 Å². The van der Waals surface area contributed by atoms with Crippen molar-refractivity contribution in [2.24, 2.45) is 0 Å². The number of pyridine rings is 1. The lowest BCUT2D eigenvalue weighted by atomic mass is 10.0. The monoisotopic (exact) mass is 562 g/mol. The SMILES string of the molecule is c1ccc(-c2nc(-c3ccccc3)nc(-n3c4cccc5c6ccccc6n6c7ncccc7c7ccc3c(c54)c76)n2)cc1. The summed E-state index contributed by atoms with van der Waals surface area (Å²) in [7, 11) is 0. The summed E-state index contributed by atoms with van der Waals surface area (Å²) < 4.78 is 4.54. The van der Waals surface area contributed by atoms with Crippen LogP contribution in [-0.4, -0.2) is 28.9 Å². The standard InChI is InChI=1S/C38H22N6/c1-3-11-23(12-4-1)35-40-36(24-13-5-2-6-14-24)42-38(41-35)43-30-19-9-16-26-25-15-7-8-18-29(25)44-34-27(28-17-10-22-39-37(28)44)20-21-31(43)33(34)32(26)30/h1-22H. The summed E-state index contributed by atoms with van der Waals surface area (Å²) in [6.07, 6.45) is 1.88. The Labute approximate surface area is 250 Å². The first-order chi connectivity index (χ1) is 21.8. The highest BCUT2D eigenvalue weighted by atomic mass is 15.2. The Morgan fingerprint density at radius 3 is 1.84 bits per heavy atom. The molecule has 0 saturated heterocycles. The van der Waals surface area contributed by atoms with Gasteiger partial charge in [-0.3, -0.25) is 8.97 Å². The number of benzene rings is 5. The van der Waals surface area contributed by atoms with E-state index in [0.29, 0.717) is 17.6 Å². The summed E-state index contributed by atoms with van der Waals surface area (Å²) in [4.78, 5) is 20.1. The molecule has 0 fully saturated rings. The van der Waals surface area contributed by atoms with Gasteiger partial charge in [-0.1, -0.05) is 91.0 Å². The van der Waals surface area contributed by atoms with Crippen molar-refractivity contribution in [3.63, 3.8) is 0 Å². The highest BCUT2D eigenvalue weighted by molar-refractivity contribution is 6.32. The van der Waals surface area contributed by atoms with Gasteiger partial charge in [0.25, 0.3) is 0 Å². The first kappa shape index (κ1) is 23.4. The lowest BCUT2D eigenvalue weighted by Gasteiger charge is -2.11. The van der Waals surface area contributed by atoms with E-state index in [9.17, 15) is 0 Å². The van der Waals surface area contributed by atoms with Crippen LogP contribution in [0.3, 0.4) is 0 Å². The Bertz CT molecular complexity index is 2650. The van der Waals surface area contributed by atoms with E-state index >= 15 is 0 Å².